The van der Waals surface area contributed by atoms with Crippen molar-refractivity contribution in [3.8, 4) is 0 Å². The normalized spacial score (nSPS) is 53.6. The van der Waals surface area contributed by atoms with Gasteiger partial charge < -0.3 is 14.9 Å². The first-order valence-corrected chi connectivity index (χ1v) is 10.8. The summed E-state index contributed by atoms with van der Waals surface area (Å²) < 4.78 is 5.74. The van der Waals surface area contributed by atoms with E-state index in [1.54, 1.807) is 0 Å². The Bertz CT molecular complexity index is 488. The minimum Gasteiger partial charge on any atom is -0.393 e. The number of ether oxygens (including phenoxy) is 1. The van der Waals surface area contributed by atoms with Crippen molar-refractivity contribution in [1.82, 2.24) is 0 Å². The molecule has 0 aromatic rings. The molecule has 3 heteroatoms. The molecule has 4 saturated carbocycles. The molecule has 4 aliphatic rings. The van der Waals surface area contributed by atoms with Crippen LogP contribution in [0.2, 0.25) is 0 Å². The minimum absolute atomic E-state index is 0.210. The first-order chi connectivity index (χ1) is 11.9. The Morgan fingerprint density at radius 2 is 1.76 bits per heavy atom. The van der Waals surface area contributed by atoms with E-state index < -0.39 is 5.60 Å². The first kappa shape index (κ1) is 18.3. The Morgan fingerprint density at radius 1 is 1.00 bits per heavy atom. The van der Waals surface area contributed by atoms with E-state index in [0.717, 1.165) is 49.0 Å². The van der Waals surface area contributed by atoms with E-state index in [1.807, 2.05) is 21.0 Å². The van der Waals surface area contributed by atoms with Gasteiger partial charge in [-0.25, -0.2) is 0 Å². The van der Waals surface area contributed by atoms with Gasteiger partial charge in [0.1, 0.15) is 0 Å². The molecular formula is C22H38O3. The molecule has 0 heterocycles. The Morgan fingerprint density at radius 3 is 2.48 bits per heavy atom. The molecule has 3 nitrogen and oxygen atoms in total. The van der Waals surface area contributed by atoms with Crippen LogP contribution in [0.15, 0.2) is 0 Å². The average molecular weight is 351 g/mol. The Kier molecular flexibility index (Phi) is 4.74. The Hall–Kier alpha value is -0.120. The van der Waals surface area contributed by atoms with Gasteiger partial charge in [-0.15, -0.1) is 0 Å². The number of aliphatic hydroxyl groups is 2. The van der Waals surface area contributed by atoms with Gasteiger partial charge >= 0.3 is 0 Å². The number of rotatable bonds is 3. The van der Waals surface area contributed by atoms with Crippen LogP contribution >= 0.6 is 0 Å². The highest BCUT2D eigenvalue weighted by molar-refractivity contribution is 5.09. The van der Waals surface area contributed by atoms with Crippen molar-refractivity contribution in [3.63, 3.8) is 0 Å². The molecule has 0 aromatic heterocycles. The third-order valence-corrected chi connectivity index (χ3v) is 9.02. The van der Waals surface area contributed by atoms with Gasteiger partial charge in [0.25, 0.3) is 0 Å². The molecule has 2 unspecified atom stereocenters. The largest absolute Gasteiger partial charge is 0.393 e. The monoisotopic (exact) mass is 350 g/mol. The van der Waals surface area contributed by atoms with Gasteiger partial charge in [0.05, 0.1) is 18.3 Å². The van der Waals surface area contributed by atoms with E-state index in [0.29, 0.717) is 5.92 Å². The van der Waals surface area contributed by atoms with Crippen molar-refractivity contribution in [3.05, 3.63) is 0 Å². The fourth-order valence-corrected chi connectivity index (χ4v) is 8.21. The summed E-state index contributed by atoms with van der Waals surface area (Å²) in [5.41, 5.74) is -0.204. The standard InChI is InChI=1S/C22H38O3/c1-14(23)19-6-7-20-18-5-4-15-12-21(2,24)10-8-16(15)17(18)9-11-22(19,20)13-25-3/h14-20,23-24H,4-13H2,1-3H3/t14?,15-,16?,17-,18-,19-,20+,21-,22+/m1/s1. The Balaban J connectivity index is 1.57. The number of fused-ring (bicyclic) bond motifs is 5. The number of hydrogen-bond acceptors (Lipinski definition) is 3. The van der Waals surface area contributed by atoms with Crippen LogP contribution in [0.5, 0.6) is 0 Å². The van der Waals surface area contributed by atoms with Gasteiger partial charge in [-0.3, -0.25) is 0 Å². The van der Waals surface area contributed by atoms with Crippen LogP contribution in [0.3, 0.4) is 0 Å². The third kappa shape index (κ3) is 2.89. The molecule has 2 N–H and O–H groups in total. The maximum atomic E-state index is 10.5. The third-order valence-electron chi connectivity index (χ3n) is 9.02. The SMILES string of the molecule is COC[C@]12CC[C@@H]3C4CC[C@@](C)(O)C[C@H]4CC[C@H]3[C@@H]1CC[C@@H]2C(C)O. The molecule has 4 rings (SSSR count). The second kappa shape index (κ2) is 6.49. The number of hydrogen-bond donors (Lipinski definition) is 2. The molecule has 0 saturated heterocycles. The lowest BCUT2D eigenvalue weighted by molar-refractivity contribution is -0.129. The van der Waals surface area contributed by atoms with Crippen molar-refractivity contribution in [1.29, 1.82) is 0 Å². The summed E-state index contributed by atoms with van der Waals surface area (Å²) in [6, 6.07) is 0. The van der Waals surface area contributed by atoms with Gasteiger partial charge in [0.15, 0.2) is 0 Å². The highest BCUT2D eigenvalue weighted by Gasteiger charge is 2.60. The van der Waals surface area contributed by atoms with Gasteiger partial charge in [-0.1, -0.05) is 0 Å². The molecule has 0 aromatic carbocycles. The highest BCUT2D eigenvalue weighted by Crippen LogP contribution is 2.65. The second-order valence-electron chi connectivity index (χ2n) is 10.3. The fourth-order valence-electron chi connectivity index (χ4n) is 8.21. The summed E-state index contributed by atoms with van der Waals surface area (Å²) >= 11 is 0. The summed E-state index contributed by atoms with van der Waals surface area (Å²) in [5.74, 6) is 4.44. The molecule has 4 fully saturated rings. The lowest BCUT2D eigenvalue weighted by atomic mass is 9.48. The minimum atomic E-state index is -0.423. The van der Waals surface area contributed by atoms with Crippen molar-refractivity contribution >= 4 is 0 Å². The van der Waals surface area contributed by atoms with Crippen molar-refractivity contribution in [2.45, 2.75) is 83.3 Å². The lowest BCUT2D eigenvalue weighted by Crippen LogP contribution is -2.53. The molecule has 0 spiro atoms. The van der Waals surface area contributed by atoms with E-state index in [9.17, 15) is 10.2 Å². The zero-order valence-electron chi connectivity index (χ0n) is 16.4. The second-order valence-corrected chi connectivity index (χ2v) is 10.3. The average Bonchev–Trinajstić information content (AvgIpc) is 2.93. The molecule has 4 aliphatic carbocycles. The van der Waals surface area contributed by atoms with Gasteiger partial charge in [0, 0.05) is 12.5 Å². The van der Waals surface area contributed by atoms with Crippen LogP contribution in [-0.2, 0) is 4.74 Å². The first-order valence-electron chi connectivity index (χ1n) is 10.8. The topological polar surface area (TPSA) is 49.7 Å². The highest BCUT2D eigenvalue weighted by atomic mass is 16.5. The molecule has 9 atom stereocenters. The fraction of sp³-hybridized carbons (Fsp3) is 1.00. The molecular weight excluding hydrogens is 312 g/mol. The van der Waals surface area contributed by atoms with Crippen LogP contribution in [-0.4, -0.2) is 35.6 Å². The van der Waals surface area contributed by atoms with Crippen molar-refractivity contribution in [2.24, 2.45) is 40.9 Å². The smallest absolute Gasteiger partial charge is 0.0622 e. The van der Waals surface area contributed by atoms with Crippen LogP contribution in [0, 0.1) is 40.9 Å². The van der Waals surface area contributed by atoms with Crippen LogP contribution in [0.25, 0.3) is 0 Å². The van der Waals surface area contributed by atoms with Crippen LogP contribution in [0.1, 0.15) is 71.6 Å². The summed E-state index contributed by atoms with van der Waals surface area (Å²) in [5, 5.41) is 21.0. The predicted molar refractivity (Wildman–Crippen MR) is 99.1 cm³/mol. The molecule has 0 bridgehead atoms. The Labute approximate surface area is 153 Å². The van der Waals surface area contributed by atoms with E-state index in [1.165, 1.54) is 44.9 Å². The molecule has 25 heavy (non-hydrogen) atoms. The van der Waals surface area contributed by atoms with E-state index >= 15 is 0 Å². The zero-order valence-corrected chi connectivity index (χ0v) is 16.4. The van der Waals surface area contributed by atoms with E-state index in [2.05, 4.69) is 0 Å². The van der Waals surface area contributed by atoms with Crippen LogP contribution < -0.4 is 0 Å². The summed E-state index contributed by atoms with van der Waals surface area (Å²) in [7, 11) is 1.84. The summed E-state index contributed by atoms with van der Waals surface area (Å²) in [4.78, 5) is 0. The molecule has 144 valence electrons. The van der Waals surface area contributed by atoms with E-state index in [-0.39, 0.29) is 11.5 Å². The number of aliphatic hydroxyl groups excluding tert-OH is 1. The molecule has 0 radical (unpaired) electrons. The number of methoxy groups -OCH3 is 1. The van der Waals surface area contributed by atoms with E-state index in [4.69, 9.17) is 4.74 Å². The maximum absolute atomic E-state index is 10.5. The summed E-state index contributed by atoms with van der Waals surface area (Å²) in [6.07, 6.45) is 10.7. The predicted octanol–water partition coefficient (Wildman–Crippen LogP) is 4.01. The lowest BCUT2D eigenvalue weighted by Gasteiger charge is -2.57. The zero-order chi connectivity index (χ0) is 17.8. The quantitative estimate of drug-likeness (QED) is 0.808. The molecule has 0 aliphatic heterocycles. The van der Waals surface area contributed by atoms with Crippen molar-refractivity contribution < 1.29 is 14.9 Å². The van der Waals surface area contributed by atoms with Crippen molar-refractivity contribution in [2.75, 3.05) is 13.7 Å². The van der Waals surface area contributed by atoms with Crippen LogP contribution in [0.4, 0.5) is 0 Å². The van der Waals surface area contributed by atoms with Gasteiger partial charge in [0.2, 0.25) is 0 Å². The summed E-state index contributed by atoms with van der Waals surface area (Å²) in [6.45, 7) is 4.87. The maximum Gasteiger partial charge on any atom is 0.0622 e. The van der Waals surface area contributed by atoms with Gasteiger partial charge in [-0.05, 0) is 107 Å². The molecule has 0 amide bonds. The van der Waals surface area contributed by atoms with Gasteiger partial charge in [-0.2, -0.15) is 0 Å².